The van der Waals surface area contributed by atoms with Gasteiger partial charge in [0.2, 0.25) is 0 Å². The van der Waals surface area contributed by atoms with Crippen molar-refractivity contribution in [3.63, 3.8) is 0 Å². The fourth-order valence-corrected chi connectivity index (χ4v) is 4.77. The zero-order valence-corrected chi connectivity index (χ0v) is 21.5. The highest BCUT2D eigenvalue weighted by molar-refractivity contribution is 5.92. The van der Waals surface area contributed by atoms with Crippen LogP contribution in [0.4, 0.5) is 16.2 Å². The number of aryl methyl sites for hydroxylation is 1. The molecule has 2 fully saturated rings. The van der Waals surface area contributed by atoms with Gasteiger partial charge in [0.25, 0.3) is 0 Å². The molecule has 4 rings (SSSR count). The molecule has 0 radical (unpaired) electrons. The molecule has 9 nitrogen and oxygen atoms in total. The maximum absolute atomic E-state index is 12.7. The van der Waals surface area contributed by atoms with Crippen LogP contribution in [0.3, 0.4) is 0 Å². The number of carbonyl (C=O) groups is 2. The summed E-state index contributed by atoms with van der Waals surface area (Å²) in [6, 6.07) is 10.5. The SMILES string of the molecule is CCOc1cc(CN2CCC3(CC2)CN(c2ccc(C(=O)O)cc2)C(=O)O3)c(N/C=C(/C)C=N)cc1C. The zero-order valence-electron chi connectivity index (χ0n) is 21.5. The second-order valence-electron chi connectivity index (χ2n) is 9.65. The number of aromatic carboxylic acids is 1. The van der Waals surface area contributed by atoms with Gasteiger partial charge in [-0.3, -0.25) is 9.80 Å². The first-order valence-electron chi connectivity index (χ1n) is 12.5. The Morgan fingerprint density at radius 3 is 2.57 bits per heavy atom. The summed E-state index contributed by atoms with van der Waals surface area (Å²) < 4.78 is 11.7. The van der Waals surface area contributed by atoms with Gasteiger partial charge >= 0.3 is 12.1 Å². The lowest BCUT2D eigenvalue weighted by atomic mass is 9.91. The molecule has 0 saturated carbocycles. The Kier molecular flexibility index (Phi) is 7.83. The number of anilines is 2. The number of likely N-dealkylation sites (tertiary alicyclic amines) is 1. The van der Waals surface area contributed by atoms with Gasteiger partial charge < -0.3 is 25.3 Å². The van der Waals surface area contributed by atoms with Crippen molar-refractivity contribution in [3.05, 3.63) is 64.9 Å². The summed E-state index contributed by atoms with van der Waals surface area (Å²) in [4.78, 5) is 27.8. The summed E-state index contributed by atoms with van der Waals surface area (Å²) in [5, 5.41) is 19.9. The molecule has 0 bridgehead atoms. The normalized spacial score (nSPS) is 17.5. The van der Waals surface area contributed by atoms with Crippen molar-refractivity contribution >= 4 is 29.7 Å². The van der Waals surface area contributed by atoms with E-state index in [2.05, 4.69) is 22.3 Å². The third-order valence-corrected chi connectivity index (χ3v) is 6.94. The van der Waals surface area contributed by atoms with Crippen LogP contribution in [0.1, 0.15) is 48.2 Å². The minimum atomic E-state index is -0.999. The molecule has 9 heteroatoms. The number of piperidine rings is 1. The first kappa shape index (κ1) is 26.2. The lowest BCUT2D eigenvalue weighted by Gasteiger charge is -2.37. The highest BCUT2D eigenvalue weighted by Gasteiger charge is 2.47. The number of rotatable bonds is 9. The van der Waals surface area contributed by atoms with E-state index in [4.69, 9.17) is 20.0 Å². The average molecular weight is 507 g/mol. The van der Waals surface area contributed by atoms with Gasteiger partial charge in [0.05, 0.1) is 18.7 Å². The van der Waals surface area contributed by atoms with E-state index in [1.807, 2.05) is 27.0 Å². The molecule has 2 saturated heterocycles. The Balaban J connectivity index is 1.44. The van der Waals surface area contributed by atoms with Crippen molar-refractivity contribution in [2.75, 3.05) is 36.5 Å². The lowest BCUT2D eigenvalue weighted by molar-refractivity contribution is -0.000948. The van der Waals surface area contributed by atoms with Gasteiger partial charge in [-0.1, -0.05) is 0 Å². The number of carboxylic acids is 1. The highest BCUT2D eigenvalue weighted by Crippen LogP contribution is 2.37. The number of hydrogen-bond acceptors (Lipinski definition) is 7. The number of benzene rings is 2. The number of hydrogen-bond donors (Lipinski definition) is 3. The average Bonchev–Trinajstić information content (AvgIpc) is 3.21. The summed E-state index contributed by atoms with van der Waals surface area (Å²) in [5.74, 6) is -0.140. The molecule has 2 aliphatic rings. The molecule has 0 atom stereocenters. The van der Waals surface area contributed by atoms with Crippen molar-refractivity contribution in [1.29, 1.82) is 5.41 Å². The first-order chi connectivity index (χ1) is 17.7. The molecular weight excluding hydrogens is 472 g/mol. The summed E-state index contributed by atoms with van der Waals surface area (Å²) in [5.41, 5.74) is 4.21. The summed E-state index contributed by atoms with van der Waals surface area (Å²) in [6.07, 6.45) is 4.16. The zero-order chi connectivity index (χ0) is 26.6. The van der Waals surface area contributed by atoms with Crippen molar-refractivity contribution in [1.82, 2.24) is 4.90 Å². The molecule has 0 aromatic heterocycles. The Hall–Kier alpha value is -3.85. The summed E-state index contributed by atoms with van der Waals surface area (Å²) in [6.45, 7) is 9.16. The summed E-state index contributed by atoms with van der Waals surface area (Å²) >= 11 is 0. The monoisotopic (exact) mass is 506 g/mol. The molecular formula is C28H34N4O5. The Labute approximate surface area is 217 Å². The van der Waals surface area contributed by atoms with E-state index in [9.17, 15) is 9.59 Å². The summed E-state index contributed by atoms with van der Waals surface area (Å²) in [7, 11) is 0. The van der Waals surface area contributed by atoms with Gasteiger partial charge in [-0.15, -0.1) is 0 Å². The molecule has 196 valence electrons. The molecule has 3 N–H and O–H groups in total. The van der Waals surface area contributed by atoms with Crippen LogP contribution in [0.15, 0.2) is 48.2 Å². The number of nitrogens with zero attached hydrogens (tertiary/aromatic N) is 2. The molecule has 0 unspecified atom stereocenters. The van der Waals surface area contributed by atoms with E-state index in [0.717, 1.165) is 41.2 Å². The number of ether oxygens (including phenoxy) is 2. The number of amides is 1. The second-order valence-corrected chi connectivity index (χ2v) is 9.65. The first-order valence-corrected chi connectivity index (χ1v) is 12.5. The Morgan fingerprint density at radius 1 is 1.24 bits per heavy atom. The maximum atomic E-state index is 12.7. The molecule has 2 heterocycles. The van der Waals surface area contributed by atoms with Crippen LogP contribution >= 0.6 is 0 Å². The van der Waals surface area contributed by atoms with E-state index in [1.165, 1.54) is 18.3 Å². The standard InChI is InChI=1S/C28H34N4O5/c1-4-36-25-14-22(24(13-20(25)3)30-16-19(2)15-29)17-31-11-9-28(10-12-31)18-32(27(35)37-28)23-7-5-21(6-8-23)26(33)34/h5-8,13-16,29-30H,4,9-12,17-18H2,1-3H3,(H,33,34)/b19-16-,29-15?. The van der Waals surface area contributed by atoms with Crippen LogP contribution in [0.2, 0.25) is 0 Å². The lowest BCUT2D eigenvalue weighted by Crippen LogP contribution is -2.46. The van der Waals surface area contributed by atoms with Gasteiger partial charge in [-0.2, -0.15) is 0 Å². The molecule has 1 amide bonds. The Bertz CT molecular complexity index is 1200. The predicted octanol–water partition coefficient (Wildman–Crippen LogP) is 5.05. The van der Waals surface area contributed by atoms with Gasteiger partial charge in [-0.05, 0) is 73.9 Å². The van der Waals surface area contributed by atoms with E-state index in [1.54, 1.807) is 17.0 Å². The minimum Gasteiger partial charge on any atom is -0.494 e. The van der Waals surface area contributed by atoms with Crippen LogP contribution in [0.25, 0.3) is 0 Å². The molecule has 2 aliphatic heterocycles. The topological polar surface area (TPSA) is 115 Å². The van der Waals surface area contributed by atoms with Crippen molar-refractivity contribution in [2.24, 2.45) is 0 Å². The molecule has 1 spiro atoms. The van der Waals surface area contributed by atoms with Crippen LogP contribution in [-0.4, -0.2) is 60.1 Å². The molecule has 0 aliphatic carbocycles. The molecule has 37 heavy (non-hydrogen) atoms. The van der Waals surface area contributed by atoms with E-state index < -0.39 is 17.7 Å². The smallest absolute Gasteiger partial charge is 0.415 e. The van der Waals surface area contributed by atoms with Crippen LogP contribution in [-0.2, 0) is 11.3 Å². The van der Waals surface area contributed by atoms with Gasteiger partial charge in [0.15, 0.2) is 0 Å². The third-order valence-electron chi connectivity index (χ3n) is 6.94. The fraction of sp³-hybridized carbons (Fsp3) is 0.393. The quantitative estimate of drug-likeness (QED) is 0.408. The maximum Gasteiger partial charge on any atom is 0.415 e. The van der Waals surface area contributed by atoms with Gasteiger partial charge in [-0.25, -0.2) is 9.59 Å². The Morgan fingerprint density at radius 2 is 1.95 bits per heavy atom. The highest BCUT2D eigenvalue weighted by atomic mass is 16.6. The van der Waals surface area contributed by atoms with Gasteiger partial charge in [0.1, 0.15) is 11.4 Å². The second kappa shape index (κ2) is 11.0. The predicted molar refractivity (Wildman–Crippen MR) is 143 cm³/mol. The van der Waals surface area contributed by atoms with Crippen LogP contribution in [0.5, 0.6) is 5.75 Å². The fourth-order valence-electron chi connectivity index (χ4n) is 4.77. The van der Waals surface area contributed by atoms with Crippen LogP contribution < -0.4 is 15.0 Å². The number of carbonyl (C=O) groups excluding carboxylic acids is 1. The van der Waals surface area contributed by atoms with Crippen molar-refractivity contribution in [2.45, 2.75) is 45.8 Å². The number of carboxylic acid groups (broad SMARTS) is 1. The van der Waals surface area contributed by atoms with E-state index in [0.29, 0.717) is 38.2 Å². The van der Waals surface area contributed by atoms with Crippen LogP contribution in [0, 0.1) is 12.3 Å². The number of allylic oxidation sites excluding steroid dienone is 1. The molecule has 2 aromatic rings. The number of nitrogens with one attached hydrogen (secondary N) is 2. The van der Waals surface area contributed by atoms with Gasteiger partial charge in [0, 0.05) is 56.3 Å². The van der Waals surface area contributed by atoms with E-state index in [-0.39, 0.29) is 5.56 Å². The minimum absolute atomic E-state index is 0.181. The third kappa shape index (κ3) is 5.94. The largest absolute Gasteiger partial charge is 0.494 e. The van der Waals surface area contributed by atoms with Crippen molar-refractivity contribution in [3.8, 4) is 5.75 Å². The molecule has 2 aromatic carbocycles. The van der Waals surface area contributed by atoms with Crippen molar-refractivity contribution < 1.29 is 24.2 Å². The van der Waals surface area contributed by atoms with E-state index >= 15 is 0 Å².